The van der Waals surface area contributed by atoms with E-state index in [0.29, 0.717) is 11.1 Å². The maximum Gasteiger partial charge on any atom is 0.185 e. The summed E-state index contributed by atoms with van der Waals surface area (Å²) < 4.78 is 0. The van der Waals surface area contributed by atoms with Gasteiger partial charge in [-0.3, -0.25) is 9.78 Å². The van der Waals surface area contributed by atoms with E-state index in [-0.39, 0.29) is 5.78 Å². The molecule has 2 rings (SSSR count). The second-order valence-corrected chi connectivity index (χ2v) is 3.67. The molecule has 0 aliphatic rings. The number of nitriles is 1. The van der Waals surface area contributed by atoms with E-state index in [2.05, 4.69) is 4.98 Å². The number of carbonyl (C=O) groups excluding carboxylic acids is 1. The first-order valence-electron chi connectivity index (χ1n) is 5.42. The molecular weight excluding hydrogens is 224 g/mol. The molecule has 1 heterocycles. The van der Waals surface area contributed by atoms with Crippen molar-refractivity contribution in [2.24, 2.45) is 0 Å². The third-order valence-electron chi connectivity index (χ3n) is 2.41. The SMILES string of the molecule is N#Cc1ccc(C(=O)/C=C/c2cccnc2)cc1. The quantitative estimate of drug-likeness (QED) is 0.606. The van der Waals surface area contributed by atoms with Crippen LogP contribution in [0.25, 0.3) is 6.08 Å². The van der Waals surface area contributed by atoms with Gasteiger partial charge in [-0.25, -0.2) is 0 Å². The number of nitrogens with zero attached hydrogens (tertiary/aromatic N) is 2. The fourth-order valence-corrected chi connectivity index (χ4v) is 1.45. The van der Waals surface area contributed by atoms with Crippen LogP contribution in [0.4, 0.5) is 0 Å². The number of ketones is 1. The molecule has 0 spiro atoms. The number of pyridine rings is 1. The predicted octanol–water partition coefficient (Wildman–Crippen LogP) is 2.85. The molecule has 0 N–H and O–H groups in total. The standard InChI is InChI=1S/C15H10N2O/c16-10-12-3-6-14(7-4-12)15(18)8-5-13-2-1-9-17-11-13/h1-9,11H/b8-5+. The van der Waals surface area contributed by atoms with E-state index in [1.54, 1.807) is 42.7 Å². The lowest BCUT2D eigenvalue weighted by Gasteiger charge is -1.95. The second-order valence-electron chi connectivity index (χ2n) is 3.67. The van der Waals surface area contributed by atoms with Crippen LogP contribution in [0.2, 0.25) is 0 Å². The van der Waals surface area contributed by atoms with Gasteiger partial charge in [0.1, 0.15) is 0 Å². The average Bonchev–Trinajstić information content (AvgIpc) is 2.46. The van der Waals surface area contributed by atoms with Gasteiger partial charge in [0.15, 0.2) is 5.78 Å². The van der Waals surface area contributed by atoms with E-state index in [0.717, 1.165) is 5.56 Å². The van der Waals surface area contributed by atoms with Crippen molar-refractivity contribution < 1.29 is 4.79 Å². The van der Waals surface area contributed by atoms with Gasteiger partial charge in [0.2, 0.25) is 0 Å². The summed E-state index contributed by atoms with van der Waals surface area (Å²) in [5.41, 5.74) is 1.98. The molecule has 0 fully saturated rings. The van der Waals surface area contributed by atoms with Crippen LogP contribution < -0.4 is 0 Å². The Bertz CT molecular complexity index is 607. The average molecular weight is 234 g/mol. The van der Waals surface area contributed by atoms with Crippen molar-refractivity contribution in [1.82, 2.24) is 4.98 Å². The molecule has 0 atom stereocenters. The van der Waals surface area contributed by atoms with Gasteiger partial charge in [0.25, 0.3) is 0 Å². The highest BCUT2D eigenvalue weighted by Gasteiger charge is 2.01. The summed E-state index contributed by atoms with van der Waals surface area (Å²) in [5.74, 6) is -0.0941. The molecule has 18 heavy (non-hydrogen) atoms. The van der Waals surface area contributed by atoms with E-state index in [1.807, 2.05) is 18.2 Å². The summed E-state index contributed by atoms with van der Waals surface area (Å²) in [6, 6.07) is 12.3. The molecule has 0 aliphatic carbocycles. The van der Waals surface area contributed by atoms with Crippen molar-refractivity contribution in [3.8, 4) is 6.07 Å². The van der Waals surface area contributed by atoms with Crippen molar-refractivity contribution in [1.29, 1.82) is 5.26 Å². The molecule has 0 radical (unpaired) electrons. The van der Waals surface area contributed by atoms with E-state index < -0.39 is 0 Å². The summed E-state index contributed by atoms with van der Waals surface area (Å²) in [6.07, 6.45) is 6.58. The van der Waals surface area contributed by atoms with Gasteiger partial charge in [0.05, 0.1) is 11.6 Å². The summed E-state index contributed by atoms with van der Waals surface area (Å²) >= 11 is 0. The highest BCUT2D eigenvalue weighted by molar-refractivity contribution is 6.06. The Kier molecular flexibility index (Phi) is 3.62. The highest BCUT2D eigenvalue weighted by atomic mass is 16.1. The van der Waals surface area contributed by atoms with Crippen LogP contribution in [-0.2, 0) is 0 Å². The lowest BCUT2D eigenvalue weighted by atomic mass is 10.1. The molecule has 3 nitrogen and oxygen atoms in total. The molecule has 1 aromatic heterocycles. The molecular formula is C15H10N2O. The van der Waals surface area contributed by atoms with Crippen LogP contribution >= 0.6 is 0 Å². The number of rotatable bonds is 3. The monoisotopic (exact) mass is 234 g/mol. The van der Waals surface area contributed by atoms with Gasteiger partial charge in [-0.15, -0.1) is 0 Å². The molecule has 86 valence electrons. The van der Waals surface area contributed by atoms with E-state index >= 15 is 0 Å². The summed E-state index contributed by atoms with van der Waals surface area (Å²) in [4.78, 5) is 15.8. The number of hydrogen-bond donors (Lipinski definition) is 0. The molecule has 3 heteroatoms. The Morgan fingerprint density at radius 2 is 2.00 bits per heavy atom. The molecule has 2 aromatic rings. The van der Waals surface area contributed by atoms with Crippen LogP contribution in [0.1, 0.15) is 21.5 Å². The van der Waals surface area contributed by atoms with Crippen LogP contribution in [0.15, 0.2) is 54.9 Å². The molecule has 0 saturated heterocycles. The first-order valence-corrected chi connectivity index (χ1v) is 5.42. The first-order chi connectivity index (χ1) is 8.79. The summed E-state index contributed by atoms with van der Waals surface area (Å²) in [6.45, 7) is 0. The van der Waals surface area contributed by atoms with Crippen LogP contribution in [0, 0.1) is 11.3 Å². The predicted molar refractivity (Wildman–Crippen MR) is 68.8 cm³/mol. The molecule has 0 bridgehead atoms. The van der Waals surface area contributed by atoms with E-state index in [4.69, 9.17) is 5.26 Å². The van der Waals surface area contributed by atoms with Crippen LogP contribution in [-0.4, -0.2) is 10.8 Å². The molecule has 0 aliphatic heterocycles. The van der Waals surface area contributed by atoms with Gasteiger partial charge >= 0.3 is 0 Å². The highest BCUT2D eigenvalue weighted by Crippen LogP contribution is 2.06. The number of benzene rings is 1. The van der Waals surface area contributed by atoms with E-state index in [1.165, 1.54) is 6.08 Å². The lowest BCUT2D eigenvalue weighted by molar-refractivity contribution is 0.104. The summed E-state index contributed by atoms with van der Waals surface area (Å²) in [5, 5.41) is 8.66. The topological polar surface area (TPSA) is 53.8 Å². The third kappa shape index (κ3) is 2.89. The minimum Gasteiger partial charge on any atom is -0.289 e. The Hall–Kier alpha value is -2.73. The number of hydrogen-bond acceptors (Lipinski definition) is 3. The summed E-state index contributed by atoms with van der Waals surface area (Å²) in [7, 11) is 0. The normalized spacial score (nSPS) is 10.2. The number of allylic oxidation sites excluding steroid dienone is 1. The van der Waals surface area contributed by atoms with Gasteiger partial charge in [-0.1, -0.05) is 6.07 Å². The van der Waals surface area contributed by atoms with Gasteiger partial charge in [0, 0.05) is 18.0 Å². The molecule has 1 aromatic carbocycles. The Morgan fingerprint density at radius 1 is 1.22 bits per heavy atom. The first kappa shape index (κ1) is 11.7. The molecule has 0 saturated carbocycles. The second kappa shape index (κ2) is 5.55. The number of aromatic nitrogens is 1. The largest absolute Gasteiger partial charge is 0.289 e. The molecule has 0 amide bonds. The smallest absolute Gasteiger partial charge is 0.185 e. The zero-order valence-electron chi connectivity index (χ0n) is 9.58. The zero-order chi connectivity index (χ0) is 12.8. The van der Waals surface area contributed by atoms with Crippen molar-refractivity contribution in [3.05, 3.63) is 71.6 Å². The zero-order valence-corrected chi connectivity index (χ0v) is 9.58. The lowest BCUT2D eigenvalue weighted by Crippen LogP contribution is -1.93. The van der Waals surface area contributed by atoms with Gasteiger partial charge in [-0.2, -0.15) is 5.26 Å². The van der Waals surface area contributed by atoms with Crippen molar-refractivity contribution in [3.63, 3.8) is 0 Å². The van der Waals surface area contributed by atoms with Crippen molar-refractivity contribution in [2.45, 2.75) is 0 Å². The molecule has 0 unspecified atom stereocenters. The Morgan fingerprint density at radius 3 is 2.61 bits per heavy atom. The minimum atomic E-state index is -0.0941. The van der Waals surface area contributed by atoms with Crippen molar-refractivity contribution >= 4 is 11.9 Å². The van der Waals surface area contributed by atoms with Crippen LogP contribution in [0.3, 0.4) is 0 Å². The van der Waals surface area contributed by atoms with Gasteiger partial charge in [-0.05, 0) is 48.0 Å². The van der Waals surface area contributed by atoms with Crippen molar-refractivity contribution in [2.75, 3.05) is 0 Å². The number of carbonyl (C=O) groups is 1. The third-order valence-corrected chi connectivity index (χ3v) is 2.41. The van der Waals surface area contributed by atoms with Gasteiger partial charge < -0.3 is 0 Å². The maximum absolute atomic E-state index is 11.8. The van der Waals surface area contributed by atoms with E-state index in [9.17, 15) is 4.79 Å². The fourth-order valence-electron chi connectivity index (χ4n) is 1.45. The fraction of sp³-hybridized carbons (Fsp3) is 0. The van der Waals surface area contributed by atoms with Crippen LogP contribution in [0.5, 0.6) is 0 Å². The Balaban J connectivity index is 2.12. The maximum atomic E-state index is 11.8. The minimum absolute atomic E-state index is 0.0941. The Labute approximate surface area is 105 Å².